The molecule has 2 bridgehead atoms. The first-order valence-corrected chi connectivity index (χ1v) is 16.1. The van der Waals surface area contributed by atoms with Gasteiger partial charge in [0.1, 0.15) is 5.75 Å². The maximum Gasteiger partial charge on any atom is 0.321 e. The molecule has 2 amide bonds. The molecule has 0 heterocycles. The molecule has 2 aromatic rings. The van der Waals surface area contributed by atoms with Crippen molar-refractivity contribution in [2.45, 2.75) is 90.9 Å². The van der Waals surface area contributed by atoms with Crippen LogP contribution in [0.4, 0.5) is 10.5 Å². The lowest BCUT2D eigenvalue weighted by atomic mass is 9.76. The second-order valence-electron chi connectivity index (χ2n) is 13.2. The second-order valence-corrected chi connectivity index (χ2v) is 14.1. The van der Waals surface area contributed by atoms with Gasteiger partial charge in [0.2, 0.25) is 0 Å². The minimum atomic E-state index is -0.00752. The van der Waals surface area contributed by atoms with Crippen LogP contribution < -0.4 is 10.1 Å². The molecule has 1 fully saturated rings. The summed E-state index contributed by atoms with van der Waals surface area (Å²) in [4.78, 5) is 15.4. The third-order valence-corrected chi connectivity index (χ3v) is 10.1. The van der Waals surface area contributed by atoms with Gasteiger partial charge in [0.05, 0.1) is 6.61 Å². The molecule has 0 aliphatic heterocycles. The van der Waals surface area contributed by atoms with Gasteiger partial charge in [0.15, 0.2) is 0 Å². The molecule has 3 unspecified atom stereocenters. The van der Waals surface area contributed by atoms with E-state index in [0.717, 1.165) is 54.7 Å². The van der Waals surface area contributed by atoms with Crippen LogP contribution in [-0.2, 0) is 10.8 Å². The number of rotatable bonds is 13. The van der Waals surface area contributed by atoms with E-state index in [1.165, 1.54) is 24.0 Å². The van der Waals surface area contributed by atoms with E-state index in [0.29, 0.717) is 24.4 Å². The molecule has 1 saturated carbocycles. The van der Waals surface area contributed by atoms with Gasteiger partial charge in [-0.3, -0.25) is 0 Å². The van der Waals surface area contributed by atoms with Crippen molar-refractivity contribution in [1.82, 2.24) is 4.90 Å². The van der Waals surface area contributed by atoms with Gasteiger partial charge in [-0.1, -0.05) is 87.8 Å². The quantitative estimate of drug-likeness (QED) is 0.181. The lowest BCUT2D eigenvalue weighted by Crippen LogP contribution is -2.40. The third kappa shape index (κ3) is 7.51. The van der Waals surface area contributed by atoms with Gasteiger partial charge in [-0.2, -0.15) is 0 Å². The highest BCUT2D eigenvalue weighted by Crippen LogP contribution is 2.44. The smallest absolute Gasteiger partial charge is 0.321 e. The fraction of sp³-hybridized carbons (Fsp3) is 0.571. The van der Waals surface area contributed by atoms with E-state index in [1.807, 2.05) is 29.2 Å². The molecule has 3 atom stereocenters. The van der Waals surface area contributed by atoms with Crippen LogP contribution in [0.5, 0.6) is 5.75 Å². The van der Waals surface area contributed by atoms with Gasteiger partial charge < -0.3 is 15.0 Å². The number of benzene rings is 2. The van der Waals surface area contributed by atoms with Crippen molar-refractivity contribution in [3.63, 3.8) is 0 Å². The number of amides is 2. The molecular weight excluding hydrogens is 560 g/mol. The molecule has 218 valence electrons. The highest BCUT2D eigenvalue weighted by atomic mass is 79.9. The van der Waals surface area contributed by atoms with Crippen molar-refractivity contribution in [1.29, 1.82) is 0 Å². The summed E-state index contributed by atoms with van der Waals surface area (Å²) in [5.41, 5.74) is 3.69. The summed E-state index contributed by atoms with van der Waals surface area (Å²) in [6.45, 7) is 16.0. The molecule has 0 aromatic heterocycles. The van der Waals surface area contributed by atoms with Gasteiger partial charge in [-0.25, -0.2) is 4.79 Å². The third-order valence-electron chi connectivity index (χ3n) is 9.57. The number of anilines is 1. The van der Waals surface area contributed by atoms with Crippen LogP contribution in [-0.4, -0.2) is 30.6 Å². The molecule has 4 rings (SSSR count). The van der Waals surface area contributed by atoms with E-state index in [9.17, 15) is 4.79 Å². The Bertz CT molecular complexity index is 1190. The molecule has 2 aromatic carbocycles. The first-order valence-electron chi connectivity index (χ1n) is 15.3. The first-order chi connectivity index (χ1) is 19.0. The summed E-state index contributed by atoms with van der Waals surface area (Å²) in [5, 5.41) is 3.13. The number of ether oxygens (including phenoxy) is 1. The highest BCUT2D eigenvalue weighted by molar-refractivity contribution is 9.10. The number of carbonyl (C=O) groups excluding carboxylic acids is 1. The van der Waals surface area contributed by atoms with Crippen LogP contribution in [0.2, 0.25) is 0 Å². The Kier molecular flexibility index (Phi) is 10.1. The normalized spacial score (nSPS) is 20.1. The Labute approximate surface area is 251 Å². The zero-order valence-electron chi connectivity index (χ0n) is 25.4. The summed E-state index contributed by atoms with van der Waals surface area (Å²) in [7, 11) is 0. The number of urea groups is 1. The van der Waals surface area contributed by atoms with Gasteiger partial charge in [0, 0.05) is 28.8 Å². The number of hydrogen-bond donors (Lipinski definition) is 1. The predicted octanol–water partition coefficient (Wildman–Crippen LogP) is 9.73. The molecule has 0 spiro atoms. The number of carbonyl (C=O) groups is 1. The zero-order valence-corrected chi connectivity index (χ0v) is 27.0. The van der Waals surface area contributed by atoms with E-state index in [1.54, 1.807) is 0 Å². The summed E-state index contributed by atoms with van der Waals surface area (Å²) in [6.07, 6.45) is 11.2. The Morgan fingerprint density at radius 3 is 2.42 bits per heavy atom. The fourth-order valence-corrected chi connectivity index (χ4v) is 6.42. The number of nitrogens with one attached hydrogen (secondary N) is 1. The average molecular weight is 610 g/mol. The number of nitrogens with zero attached hydrogens (tertiary/aromatic N) is 1. The number of fused-ring (bicyclic) bond motifs is 2. The average Bonchev–Trinajstić information content (AvgIpc) is 3.55. The monoisotopic (exact) mass is 608 g/mol. The molecule has 4 nitrogen and oxygen atoms in total. The number of halogens is 1. The molecule has 2 aliphatic carbocycles. The molecule has 1 N–H and O–H groups in total. The van der Waals surface area contributed by atoms with Crippen molar-refractivity contribution in [2.75, 3.05) is 25.0 Å². The Morgan fingerprint density at radius 2 is 1.77 bits per heavy atom. The topological polar surface area (TPSA) is 41.6 Å². The molecule has 0 saturated heterocycles. The van der Waals surface area contributed by atoms with Gasteiger partial charge >= 0.3 is 6.03 Å². The van der Waals surface area contributed by atoms with E-state index in [2.05, 4.69) is 93.1 Å². The highest BCUT2D eigenvalue weighted by Gasteiger charge is 2.37. The second kappa shape index (κ2) is 13.1. The summed E-state index contributed by atoms with van der Waals surface area (Å²) in [5.74, 6) is 2.88. The predicted molar refractivity (Wildman–Crippen MR) is 171 cm³/mol. The van der Waals surface area contributed by atoms with Gasteiger partial charge in [-0.05, 0) is 96.9 Å². The minimum Gasteiger partial charge on any atom is -0.493 e. The standard InChI is InChI=1S/C35H49BrN2O2/c1-7-34(3,4)28-16-17-32(31(22-28)35(5,6)8-2)40-19-10-9-18-38(24-27-21-25-14-15-26(27)20-25)33(39)37-30-13-11-12-29(36)23-30/h11-17,22-23,25-27H,7-10,18-21,24H2,1-6H3,(H,37,39). The molecule has 5 heteroatoms. The van der Waals surface area contributed by atoms with E-state index >= 15 is 0 Å². The molecular formula is C35H49BrN2O2. The Morgan fingerprint density at radius 1 is 1.00 bits per heavy atom. The van der Waals surface area contributed by atoms with Crippen LogP contribution in [0, 0.1) is 17.8 Å². The van der Waals surface area contributed by atoms with E-state index in [4.69, 9.17) is 4.74 Å². The summed E-state index contributed by atoms with van der Waals surface area (Å²) in [6, 6.07) is 14.6. The zero-order chi connectivity index (χ0) is 28.9. The minimum absolute atomic E-state index is 0.00752. The number of hydrogen-bond acceptors (Lipinski definition) is 2. The van der Waals surface area contributed by atoms with Gasteiger partial charge in [0.25, 0.3) is 0 Å². The van der Waals surface area contributed by atoms with Crippen LogP contribution in [0.15, 0.2) is 59.1 Å². The fourth-order valence-electron chi connectivity index (χ4n) is 6.02. The first kappa shape index (κ1) is 30.7. The van der Waals surface area contributed by atoms with Crippen molar-refractivity contribution in [3.05, 3.63) is 70.2 Å². The van der Waals surface area contributed by atoms with E-state index < -0.39 is 0 Å². The SMILES string of the molecule is CCC(C)(C)c1ccc(OCCCCN(CC2CC3C=CC2C3)C(=O)Nc2cccc(Br)c2)c(C(C)(C)CC)c1. The van der Waals surface area contributed by atoms with Crippen LogP contribution in [0.25, 0.3) is 0 Å². The number of unbranched alkanes of at least 4 members (excludes halogenated alkanes) is 1. The maximum absolute atomic E-state index is 13.4. The molecule has 40 heavy (non-hydrogen) atoms. The van der Waals surface area contributed by atoms with Crippen molar-refractivity contribution < 1.29 is 9.53 Å². The molecule has 0 radical (unpaired) electrons. The number of allylic oxidation sites excluding steroid dienone is 2. The van der Waals surface area contributed by atoms with Crippen molar-refractivity contribution in [2.24, 2.45) is 17.8 Å². The van der Waals surface area contributed by atoms with Crippen LogP contribution in [0.3, 0.4) is 0 Å². The van der Waals surface area contributed by atoms with E-state index in [-0.39, 0.29) is 16.9 Å². The van der Waals surface area contributed by atoms with Crippen LogP contribution >= 0.6 is 15.9 Å². The van der Waals surface area contributed by atoms with Crippen LogP contribution in [0.1, 0.15) is 91.2 Å². The van der Waals surface area contributed by atoms with Crippen molar-refractivity contribution in [3.8, 4) is 5.75 Å². The van der Waals surface area contributed by atoms with Crippen molar-refractivity contribution >= 4 is 27.6 Å². The van der Waals surface area contributed by atoms with Gasteiger partial charge in [-0.15, -0.1) is 0 Å². The summed E-state index contributed by atoms with van der Waals surface area (Å²) < 4.78 is 7.38. The summed E-state index contributed by atoms with van der Waals surface area (Å²) >= 11 is 3.51. The molecule has 2 aliphatic rings. The maximum atomic E-state index is 13.4. The Hall–Kier alpha value is -2.27. The largest absolute Gasteiger partial charge is 0.493 e. The lowest BCUT2D eigenvalue weighted by molar-refractivity contribution is 0.191. The Balaban J connectivity index is 1.37. The lowest BCUT2D eigenvalue weighted by Gasteiger charge is -2.30.